The lowest BCUT2D eigenvalue weighted by Crippen LogP contribution is -2.33. The van der Waals surface area contributed by atoms with E-state index >= 15 is 0 Å². The van der Waals surface area contributed by atoms with Gasteiger partial charge in [-0.25, -0.2) is 9.67 Å². The highest BCUT2D eigenvalue weighted by Gasteiger charge is 2.16. The summed E-state index contributed by atoms with van der Waals surface area (Å²) in [6.07, 6.45) is 0. The molecule has 6 nitrogen and oxygen atoms in total. The van der Waals surface area contributed by atoms with E-state index in [1.54, 1.807) is 12.1 Å². The fraction of sp³-hybridized carbons (Fsp3) is 0.333. The molecule has 0 saturated carbocycles. The van der Waals surface area contributed by atoms with Gasteiger partial charge in [-0.15, -0.1) is 11.3 Å². The molecule has 3 aromatic rings. The minimum atomic E-state index is -0.341. The van der Waals surface area contributed by atoms with Crippen molar-refractivity contribution in [2.75, 3.05) is 0 Å². The topological polar surface area (TPSA) is 76.9 Å². The monoisotopic (exact) mass is 390 g/mol. The number of aromatic nitrogens is 3. The summed E-state index contributed by atoms with van der Waals surface area (Å²) < 4.78 is 1.96. The largest absolute Gasteiger partial charge is 0.350 e. The smallest absolute Gasteiger partial charge is 0.294 e. The van der Waals surface area contributed by atoms with Crippen LogP contribution >= 0.6 is 22.9 Å². The van der Waals surface area contributed by atoms with E-state index in [1.165, 1.54) is 16.0 Å². The summed E-state index contributed by atoms with van der Waals surface area (Å²) in [5.74, 6) is -0.0571. The Morgan fingerprint density at radius 3 is 2.85 bits per heavy atom. The molecule has 0 aliphatic carbocycles. The van der Waals surface area contributed by atoms with Crippen LogP contribution in [0.15, 0.2) is 29.1 Å². The van der Waals surface area contributed by atoms with E-state index in [4.69, 9.17) is 11.6 Å². The van der Waals surface area contributed by atoms with Crippen LogP contribution in [0.5, 0.6) is 0 Å². The second-order valence-corrected chi connectivity index (χ2v) is 7.81. The van der Waals surface area contributed by atoms with Gasteiger partial charge in [-0.05, 0) is 24.6 Å². The molecule has 0 saturated heterocycles. The number of carbonyl (C=O) groups is 1. The fourth-order valence-electron chi connectivity index (χ4n) is 2.51. The minimum Gasteiger partial charge on any atom is -0.350 e. The summed E-state index contributed by atoms with van der Waals surface area (Å²) in [7, 11) is 0. The lowest BCUT2D eigenvalue weighted by atomic mass is 10.2. The van der Waals surface area contributed by atoms with Gasteiger partial charge in [0.05, 0.1) is 15.4 Å². The van der Waals surface area contributed by atoms with Gasteiger partial charge in [-0.1, -0.05) is 37.6 Å². The van der Waals surface area contributed by atoms with E-state index in [2.05, 4.69) is 15.4 Å². The van der Waals surface area contributed by atoms with Crippen LogP contribution in [0.4, 0.5) is 0 Å². The SMILES string of the molecule is Cc1nn(CC(=O)NCc2cccc(Cl)c2)c(=O)c2nc(C(C)C)sc12. The Morgan fingerprint density at radius 1 is 1.38 bits per heavy atom. The van der Waals surface area contributed by atoms with Crippen LogP contribution in [0.1, 0.15) is 36.0 Å². The van der Waals surface area contributed by atoms with Gasteiger partial charge in [0.15, 0.2) is 5.52 Å². The number of hydrogen-bond acceptors (Lipinski definition) is 5. The van der Waals surface area contributed by atoms with E-state index in [-0.39, 0.29) is 23.9 Å². The molecule has 0 spiro atoms. The van der Waals surface area contributed by atoms with Crippen molar-refractivity contribution in [2.24, 2.45) is 0 Å². The second-order valence-electron chi connectivity index (χ2n) is 6.34. The maximum atomic E-state index is 12.6. The number of aryl methyl sites for hydroxylation is 1. The molecule has 136 valence electrons. The van der Waals surface area contributed by atoms with Crippen LogP contribution in [-0.2, 0) is 17.9 Å². The Bertz CT molecular complexity index is 1030. The molecule has 1 N–H and O–H groups in total. The normalized spacial score (nSPS) is 11.3. The predicted octanol–water partition coefficient (Wildman–Crippen LogP) is 3.25. The number of nitrogens with one attached hydrogen (secondary N) is 1. The minimum absolute atomic E-state index is 0.148. The van der Waals surface area contributed by atoms with Crippen molar-refractivity contribution >= 4 is 39.1 Å². The number of rotatable bonds is 5. The van der Waals surface area contributed by atoms with Gasteiger partial charge in [0, 0.05) is 17.5 Å². The van der Waals surface area contributed by atoms with Gasteiger partial charge < -0.3 is 5.32 Å². The predicted molar refractivity (Wildman–Crippen MR) is 104 cm³/mol. The zero-order chi connectivity index (χ0) is 18.8. The molecule has 0 unspecified atom stereocenters. The first-order chi connectivity index (χ1) is 12.3. The molecule has 2 heterocycles. The van der Waals surface area contributed by atoms with E-state index in [0.717, 1.165) is 15.3 Å². The summed E-state index contributed by atoms with van der Waals surface area (Å²) in [6, 6.07) is 7.25. The zero-order valence-electron chi connectivity index (χ0n) is 14.7. The van der Waals surface area contributed by atoms with E-state index < -0.39 is 0 Å². The molecule has 3 rings (SSSR count). The second kappa shape index (κ2) is 7.55. The first kappa shape index (κ1) is 18.5. The Labute approximate surface area is 159 Å². The van der Waals surface area contributed by atoms with E-state index in [0.29, 0.717) is 22.8 Å². The number of fused-ring (bicyclic) bond motifs is 1. The molecule has 0 aliphatic rings. The molecular weight excluding hydrogens is 372 g/mol. The van der Waals surface area contributed by atoms with Crippen LogP contribution in [0.25, 0.3) is 10.2 Å². The summed E-state index contributed by atoms with van der Waals surface area (Å²) >= 11 is 7.42. The molecule has 8 heteroatoms. The molecule has 1 aromatic carbocycles. The third kappa shape index (κ3) is 3.94. The van der Waals surface area contributed by atoms with Crippen LogP contribution in [0, 0.1) is 6.92 Å². The maximum Gasteiger partial charge on any atom is 0.294 e. The number of nitrogens with zero attached hydrogens (tertiary/aromatic N) is 3. The zero-order valence-corrected chi connectivity index (χ0v) is 16.3. The molecule has 0 atom stereocenters. The summed E-state index contributed by atoms with van der Waals surface area (Å²) in [5, 5.41) is 8.56. The van der Waals surface area contributed by atoms with Gasteiger partial charge in [0.25, 0.3) is 5.56 Å². The Balaban J connectivity index is 1.78. The molecule has 1 amide bonds. The van der Waals surface area contributed by atoms with Crippen molar-refractivity contribution in [1.82, 2.24) is 20.1 Å². The van der Waals surface area contributed by atoms with Crippen LogP contribution in [0.2, 0.25) is 5.02 Å². The molecule has 26 heavy (non-hydrogen) atoms. The first-order valence-electron chi connectivity index (χ1n) is 8.24. The van der Waals surface area contributed by atoms with Crippen molar-refractivity contribution in [3.63, 3.8) is 0 Å². The number of hydrogen-bond donors (Lipinski definition) is 1. The van der Waals surface area contributed by atoms with Crippen molar-refractivity contribution in [2.45, 2.75) is 39.8 Å². The van der Waals surface area contributed by atoms with Crippen LogP contribution < -0.4 is 10.9 Å². The third-order valence-corrected chi connectivity index (χ3v) is 5.55. The highest BCUT2D eigenvalue weighted by molar-refractivity contribution is 7.18. The van der Waals surface area contributed by atoms with Crippen LogP contribution in [0.3, 0.4) is 0 Å². The molecule has 0 radical (unpaired) electrons. The molecule has 0 fully saturated rings. The highest BCUT2D eigenvalue weighted by Crippen LogP contribution is 2.26. The number of amides is 1. The molecule has 0 aliphatic heterocycles. The Kier molecular flexibility index (Phi) is 5.38. The fourth-order valence-corrected chi connectivity index (χ4v) is 3.73. The number of carbonyl (C=O) groups excluding carboxylic acids is 1. The van der Waals surface area contributed by atoms with Crippen molar-refractivity contribution in [3.8, 4) is 0 Å². The molecule has 2 aromatic heterocycles. The number of benzene rings is 1. The molecular formula is C18H19ClN4O2S. The summed E-state index contributed by atoms with van der Waals surface area (Å²) in [5.41, 5.74) is 1.63. The van der Waals surface area contributed by atoms with Crippen LogP contribution in [-0.4, -0.2) is 20.7 Å². The lowest BCUT2D eigenvalue weighted by Gasteiger charge is -2.08. The number of halogens is 1. The molecule has 0 bridgehead atoms. The maximum absolute atomic E-state index is 12.6. The summed E-state index contributed by atoms with van der Waals surface area (Å²) in [6.45, 7) is 6.07. The van der Waals surface area contributed by atoms with Gasteiger partial charge in [-0.2, -0.15) is 5.10 Å². The average molecular weight is 391 g/mol. The highest BCUT2D eigenvalue weighted by atomic mass is 35.5. The summed E-state index contributed by atoms with van der Waals surface area (Å²) in [4.78, 5) is 29.3. The third-order valence-electron chi connectivity index (χ3n) is 3.85. The Morgan fingerprint density at radius 2 is 2.15 bits per heavy atom. The van der Waals surface area contributed by atoms with E-state index in [1.807, 2.05) is 32.9 Å². The standard InChI is InChI=1S/C18H19ClN4O2S/c1-10(2)17-21-15-16(26-17)11(3)22-23(18(15)25)9-14(24)20-8-12-5-4-6-13(19)7-12/h4-7,10H,8-9H2,1-3H3,(H,20,24). The van der Waals surface area contributed by atoms with Gasteiger partial charge in [0.1, 0.15) is 6.54 Å². The van der Waals surface area contributed by atoms with Crippen molar-refractivity contribution < 1.29 is 4.79 Å². The lowest BCUT2D eigenvalue weighted by molar-refractivity contribution is -0.122. The first-order valence-corrected chi connectivity index (χ1v) is 9.44. The average Bonchev–Trinajstić information content (AvgIpc) is 3.04. The van der Waals surface area contributed by atoms with Gasteiger partial charge in [0.2, 0.25) is 5.91 Å². The van der Waals surface area contributed by atoms with E-state index in [9.17, 15) is 9.59 Å². The van der Waals surface area contributed by atoms with Crippen molar-refractivity contribution in [3.05, 3.63) is 55.9 Å². The quantitative estimate of drug-likeness (QED) is 0.725. The van der Waals surface area contributed by atoms with Crippen molar-refractivity contribution in [1.29, 1.82) is 0 Å². The van der Waals surface area contributed by atoms with Gasteiger partial charge in [-0.3, -0.25) is 9.59 Å². The van der Waals surface area contributed by atoms with Gasteiger partial charge >= 0.3 is 0 Å². The Hall–Kier alpha value is -2.25. The number of thiazole rings is 1.